The fourth-order valence-electron chi connectivity index (χ4n) is 3.80. The zero-order chi connectivity index (χ0) is 20.5. The lowest BCUT2D eigenvalue weighted by Gasteiger charge is -2.08. The Morgan fingerprint density at radius 3 is 2.55 bits per heavy atom. The molecule has 1 aromatic carbocycles. The second-order valence-corrected chi connectivity index (χ2v) is 8.32. The molecule has 4 rings (SSSR count). The molecule has 0 bridgehead atoms. The minimum Gasteiger partial charge on any atom is -0.497 e. The number of carbonyl (C=O) groups excluding carboxylic acids is 1. The largest absolute Gasteiger partial charge is 0.497 e. The Kier molecular flexibility index (Phi) is 5.50. The molecule has 0 N–H and O–H groups in total. The fourth-order valence-corrected chi connectivity index (χ4v) is 4.68. The normalized spacial score (nSPS) is 13.7. The molecule has 152 valence electrons. The van der Waals surface area contributed by atoms with Gasteiger partial charge in [-0.15, -0.1) is 10.2 Å². The van der Waals surface area contributed by atoms with E-state index in [2.05, 4.69) is 35.5 Å². The summed E-state index contributed by atoms with van der Waals surface area (Å²) in [6.45, 7) is 6.94. The average molecular weight is 411 g/mol. The lowest BCUT2D eigenvalue weighted by molar-refractivity contribution is 0.102. The molecule has 0 radical (unpaired) electrons. The minimum absolute atomic E-state index is 0.145. The van der Waals surface area contributed by atoms with Gasteiger partial charge in [-0.25, -0.2) is 0 Å². The van der Waals surface area contributed by atoms with Gasteiger partial charge in [-0.2, -0.15) is 0 Å². The topological polar surface area (TPSA) is 61.9 Å². The van der Waals surface area contributed by atoms with Crippen molar-refractivity contribution in [3.05, 3.63) is 47.3 Å². The first-order chi connectivity index (χ1) is 14.0. The predicted molar refractivity (Wildman–Crippen MR) is 115 cm³/mol. The minimum atomic E-state index is 0.145. The first-order valence-corrected chi connectivity index (χ1v) is 10.9. The number of benzene rings is 1. The third-order valence-corrected chi connectivity index (χ3v) is 6.38. The molecule has 6 nitrogen and oxygen atoms in total. The van der Waals surface area contributed by atoms with Crippen LogP contribution >= 0.6 is 11.8 Å². The summed E-state index contributed by atoms with van der Waals surface area (Å²) in [6.07, 6.45) is 2.43. The van der Waals surface area contributed by atoms with Crippen LogP contribution in [-0.4, -0.2) is 38.0 Å². The van der Waals surface area contributed by atoms with Gasteiger partial charge in [-0.05, 0) is 63.9 Å². The molecule has 2 heterocycles. The third kappa shape index (κ3) is 3.83. The van der Waals surface area contributed by atoms with Gasteiger partial charge in [0.2, 0.25) is 0 Å². The van der Waals surface area contributed by atoms with Gasteiger partial charge in [0.1, 0.15) is 5.75 Å². The molecule has 1 fully saturated rings. The molecule has 1 saturated carbocycles. The lowest BCUT2D eigenvalue weighted by Crippen LogP contribution is -2.07. The maximum absolute atomic E-state index is 12.9. The summed E-state index contributed by atoms with van der Waals surface area (Å²) >= 11 is 1.45. The molecule has 0 saturated heterocycles. The number of aryl methyl sites for hydroxylation is 1. The monoisotopic (exact) mass is 410 g/mol. The Morgan fingerprint density at radius 1 is 1.21 bits per heavy atom. The molecule has 1 aliphatic rings. The van der Waals surface area contributed by atoms with Crippen LogP contribution in [0.3, 0.4) is 0 Å². The van der Waals surface area contributed by atoms with E-state index in [0.717, 1.165) is 40.1 Å². The van der Waals surface area contributed by atoms with Crippen molar-refractivity contribution in [1.29, 1.82) is 0 Å². The Hall–Kier alpha value is -2.54. The third-order valence-electron chi connectivity index (χ3n) is 5.41. The highest BCUT2D eigenvalue weighted by Gasteiger charge is 2.28. The first-order valence-electron chi connectivity index (χ1n) is 9.95. The van der Waals surface area contributed by atoms with E-state index in [9.17, 15) is 4.79 Å². The number of methoxy groups -OCH3 is 1. The average Bonchev–Trinajstić information content (AvgIpc) is 3.40. The van der Waals surface area contributed by atoms with Crippen LogP contribution in [-0.2, 0) is 6.54 Å². The van der Waals surface area contributed by atoms with Gasteiger partial charge in [0, 0.05) is 35.1 Å². The van der Waals surface area contributed by atoms with Crippen LogP contribution in [0.5, 0.6) is 5.75 Å². The summed E-state index contributed by atoms with van der Waals surface area (Å²) in [6, 6.07) is 10.4. The highest BCUT2D eigenvalue weighted by Crippen LogP contribution is 2.38. The summed E-state index contributed by atoms with van der Waals surface area (Å²) in [4.78, 5) is 12.9. The molecule has 29 heavy (non-hydrogen) atoms. The number of hydrogen-bond donors (Lipinski definition) is 0. The van der Waals surface area contributed by atoms with Crippen LogP contribution in [0.1, 0.15) is 47.6 Å². The van der Waals surface area contributed by atoms with E-state index in [1.807, 2.05) is 34.9 Å². The predicted octanol–water partition coefficient (Wildman–Crippen LogP) is 4.70. The molecule has 0 amide bonds. The fraction of sp³-hybridized carbons (Fsp3) is 0.409. The van der Waals surface area contributed by atoms with Gasteiger partial charge in [-0.1, -0.05) is 11.8 Å². The number of nitrogens with zero attached hydrogens (tertiary/aromatic N) is 4. The second-order valence-electron chi connectivity index (χ2n) is 7.38. The molecule has 0 unspecified atom stereocenters. The summed E-state index contributed by atoms with van der Waals surface area (Å²) in [5.41, 5.74) is 4.08. The molecule has 2 aromatic heterocycles. The van der Waals surface area contributed by atoms with E-state index in [0.29, 0.717) is 11.8 Å². The van der Waals surface area contributed by atoms with Crippen LogP contribution in [0.2, 0.25) is 0 Å². The number of ether oxygens (including phenoxy) is 1. The van der Waals surface area contributed by atoms with Gasteiger partial charge in [-0.3, -0.25) is 4.79 Å². The molecule has 3 aromatic rings. The van der Waals surface area contributed by atoms with Crippen molar-refractivity contribution in [1.82, 2.24) is 19.3 Å². The van der Waals surface area contributed by atoms with Crippen molar-refractivity contribution < 1.29 is 9.53 Å². The summed E-state index contributed by atoms with van der Waals surface area (Å²) in [5, 5.41) is 9.48. The number of Topliss-reactive ketones (excluding diaryl/α,β-unsaturated/α-hetero) is 1. The Balaban J connectivity index is 1.50. The van der Waals surface area contributed by atoms with Crippen LogP contribution in [0.4, 0.5) is 0 Å². The standard InChI is InChI=1S/C22H26N4O2S/c1-5-25-21(16-6-10-18(28-4)11-7-16)23-24-22(25)29-13-20(27)19-12-14(2)26(15(19)3)17-8-9-17/h6-7,10-12,17H,5,8-9,13H2,1-4H3. The Morgan fingerprint density at radius 2 is 1.93 bits per heavy atom. The van der Waals surface area contributed by atoms with Crippen LogP contribution < -0.4 is 4.74 Å². The number of hydrogen-bond acceptors (Lipinski definition) is 5. The van der Waals surface area contributed by atoms with E-state index >= 15 is 0 Å². The Bertz CT molecular complexity index is 1030. The number of ketones is 1. The van der Waals surface area contributed by atoms with Gasteiger partial charge in [0.25, 0.3) is 0 Å². The second kappa shape index (κ2) is 8.06. The maximum Gasteiger partial charge on any atom is 0.191 e. The van der Waals surface area contributed by atoms with Gasteiger partial charge in [0.15, 0.2) is 16.8 Å². The van der Waals surface area contributed by atoms with Crippen LogP contribution in [0.25, 0.3) is 11.4 Å². The maximum atomic E-state index is 12.9. The van der Waals surface area contributed by atoms with Gasteiger partial charge < -0.3 is 13.9 Å². The molecule has 1 aliphatic carbocycles. The lowest BCUT2D eigenvalue weighted by atomic mass is 10.2. The van der Waals surface area contributed by atoms with Crippen molar-refractivity contribution in [2.24, 2.45) is 0 Å². The molecule has 0 spiro atoms. The van der Waals surface area contributed by atoms with Crippen LogP contribution in [0.15, 0.2) is 35.5 Å². The summed E-state index contributed by atoms with van der Waals surface area (Å²) in [7, 11) is 1.65. The van der Waals surface area contributed by atoms with Crippen LogP contribution in [0, 0.1) is 13.8 Å². The van der Waals surface area contributed by atoms with Crippen molar-refractivity contribution in [2.75, 3.05) is 12.9 Å². The molecular formula is C22H26N4O2S. The van der Waals surface area contributed by atoms with Gasteiger partial charge in [0.05, 0.1) is 12.9 Å². The van der Waals surface area contributed by atoms with Crippen molar-refractivity contribution >= 4 is 17.5 Å². The summed E-state index contributed by atoms with van der Waals surface area (Å²) in [5.74, 6) is 2.11. The smallest absolute Gasteiger partial charge is 0.191 e. The van der Waals surface area contributed by atoms with E-state index in [-0.39, 0.29) is 5.78 Å². The zero-order valence-corrected chi connectivity index (χ0v) is 18.1. The van der Waals surface area contributed by atoms with Gasteiger partial charge >= 0.3 is 0 Å². The van der Waals surface area contributed by atoms with Crippen molar-refractivity contribution in [3.63, 3.8) is 0 Å². The highest BCUT2D eigenvalue weighted by atomic mass is 32.2. The molecule has 0 aliphatic heterocycles. The first kappa shape index (κ1) is 19.8. The van der Waals surface area contributed by atoms with E-state index < -0.39 is 0 Å². The van der Waals surface area contributed by atoms with Crippen molar-refractivity contribution in [3.8, 4) is 17.1 Å². The molecule has 0 atom stereocenters. The quantitative estimate of drug-likeness (QED) is 0.398. The summed E-state index contributed by atoms with van der Waals surface area (Å²) < 4.78 is 9.59. The number of aromatic nitrogens is 4. The zero-order valence-electron chi connectivity index (χ0n) is 17.3. The SMILES string of the molecule is CCn1c(SCC(=O)c2cc(C)n(C3CC3)c2C)nnc1-c1ccc(OC)cc1. The number of rotatable bonds is 8. The molecule has 7 heteroatoms. The van der Waals surface area contributed by atoms with E-state index in [1.165, 1.54) is 30.3 Å². The highest BCUT2D eigenvalue weighted by molar-refractivity contribution is 7.99. The van der Waals surface area contributed by atoms with Crippen molar-refractivity contribution in [2.45, 2.75) is 51.4 Å². The van der Waals surface area contributed by atoms with E-state index in [1.54, 1.807) is 7.11 Å². The number of carbonyl (C=O) groups is 1. The van der Waals surface area contributed by atoms with E-state index in [4.69, 9.17) is 4.74 Å². The Labute approximate surface area is 175 Å². The molecular weight excluding hydrogens is 384 g/mol. The number of thioether (sulfide) groups is 1.